The summed E-state index contributed by atoms with van der Waals surface area (Å²) in [6, 6.07) is 6.01. The van der Waals surface area contributed by atoms with Crippen molar-refractivity contribution in [2.45, 2.75) is 20.4 Å². The van der Waals surface area contributed by atoms with Crippen LogP contribution < -0.4 is 5.32 Å². The molecule has 0 aliphatic rings. The second-order valence-corrected chi connectivity index (χ2v) is 4.44. The molecule has 0 radical (unpaired) electrons. The Morgan fingerprint density at radius 3 is 2.74 bits per heavy atom. The standard InChI is InChI=1S/C15H15FN2O/c1-10-7-13(16)3-4-14(10)15(19)18-9-12-5-6-17-8-11(12)2/h3-8H,9H2,1-2H3,(H,18,19). The number of halogens is 1. The predicted molar refractivity (Wildman–Crippen MR) is 71.3 cm³/mol. The molecule has 2 rings (SSSR count). The maximum atomic E-state index is 13.0. The molecule has 0 saturated carbocycles. The van der Waals surface area contributed by atoms with Crippen molar-refractivity contribution in [1.82, 2.24) is 10.3 Å². The summed E-state index contributed by atoms with van der Waals surface area (Å²) in [6.07, 6.45) is 3.45. The van der Waals surface area contributed by atoms with Gasteiger partial charge in [-0.2, -0.15) is 0 Å². The lowest BCUT2D eigenvalue weighted by Crippen LogP contribution is -2.24. The fourth-order valence-electron chi connectivity index (χ4n) is 1.85. The van der Waals surface area contributed by atoms with Crippen molar-refractivity contribution in [3.05, 3.63) is 64.7 Å². The maximum absolute atomic E-state index is 13.0. The Labute approximate surface area is 111 Å². The molecule has 1 N–H and O–H groups in total. The van der Waals surface area contributed by atoms with Crippen LogP contribution in [-0.2, 0) is 6.54 Å². The minimum atomic E-state index is -0.334. The van der Waals surface area contributed by atoms with Gasteiger partial charge in [-0.1, -0.05) is 0 Å². The summed E-state index contributed by atoms with van der Waals surface area (Å²) >= 11 is 0. The molecule has 98 valence electrons. The average Bonchev–Trinajstić information content (AvgIpc) is 2.37. The predicted octanol–water partition coefficient (Wildman–Crippen LogP) is 2.77. The number of rotatable bonds is 3. The zero-order valence-electron chi connectivity index (χ0n) is 10.9. The van der Waals surface area contributed by atoms with Crippen LogP contribution in [0.5, 0.6) is 0 Å². The molecule has 3 nitrogen and oxygen atoms in total. The lowest BCUT2D eigenvalue weighted by molar-refractivity contribution is 0.0950. The summed E-state index contributed by atoms with van der Waals surface area (Å²) in [4.78, 5) is 16.0. The number of nitrogens with zero attached hydrogens (tertiary/aromatic N) is 1. The van der Waals surface area contributed by atoms with Gasteiger partial charge in [0.2, 0.25) is 0 Å². The van der Waals surface area contributed by atoms with E-state index >= 15 is 0 Å². The average molecular weight is 258 g/mol. The Morgan fingerprint density at radius 1 is 1.26 bits per heavy atom. The molecule has 0 fully saturated rings. The Hall–Kier alpha value is -2.23. The molecule has 0 unspecified atom stereocenters. The Bertz CT molecular complexity index is 611. The minimum Gasteiger partial charge on any atom is -0.348 e. The largest absolute Gasteiger partial charge is 0.348 e. The molecule has 0 saturated heterocycles. The molecule has 4 heteroatoms. The second-order valence-electron chi connectivity index (χ2n) is 4.44. The number of benzene rings is 1. The first-order valence-electron chi connectivity index (χ1n) is 6.02. The van der Waals surface area contributed by atoms with E-state index in [-0.39, 0.29) is 11.7 Å². The number of hydrogen-bond donors (Lipinski definition) is 1. The highest BCUT2D eigenvalue weighted by Gasteiger charge is 2.09. The van der Waals surface area contributed by atoms with E-state index in [9.17, 15) is 9.18 Å². The van der Waals surface area contributed by atoms with Crippen LogP contribution in [0, 0.1) is 19.7 Å². The van der Waals surface area contributed by atoms with E-state index < -0.39 is 0 Å². The van der Waals surface area contributed by atoms with Crippen LogP contribution in [0.25, 0.3) is 0 Å². The quantitative estimate of drug-likeness (QED) is 0.919. The molecular formula is C15H15FN2O. The van der Waals surface area contributed by atoms with Crippen LogP contribution in [0.15, 0.2) is 36.7 Å². The Morgan fingerprint density at radius 2 is 2.05 bits per heavy atom. The van der Waals surface area contributed by atoms with E-state index in [0.29, 0.717) is 17.7 Å². The molecule has 2 aromatic rings. The van der Waals surface area contributed by atoms with Crippen molar-refractivity contribution in [1.29, 1.82) is 0 Å². The molecule has 0 aliphatic carbocycles. The van der Waals surface area contributed by atoms with Crippen LogP contribution in [-0.4, -0.2) is 10.9 Å². The fourth-order valence-corrected chi connectivity index (χ4v) is 1.85. The van der Waals surface area contributed by atoms with Gasteiger partial charge in [-0.15, -0.1) is 0 Å². The third-order valence-corrected chi connectivity index (χ3v) is 3.01. The summed E-state index contributed by atoms with van der Waals surface area (Å²) in [5.74, 6) is -0.534. The maximum Gasteiger partial charge on any atom is 0.251 e. The van der Waals surface area contributed by atoms with Gasteiger partial charge < -0.3 is 5.32 Å². The molecule has 1 heterocycles. The number of aromatic nitrogens is 1. The first-order chi connectivity index (χ1) is 9.08. The highest BCUT2D eigenvalue weighted by molar-refractivity contribution is 5.95. The van der Waals surface area contributed by atoms with Crippen LogP contribution in [0.3, 0.4) is 0 Å². The molecule has 0 bridgehead atoms. The lowest BCUT2D eigenvalue weighted by atomic mass is 10.1. The molecule has 0 atom stereocenters. The molecule has 1 aromatic carbocycles. The smallest absolute Gasteiger partial charge is 0.251 e. The van der Waals surface area contributed by atoms with E-state index in [1.54, 1.807) is 19.3 Å². The van der Waals surface area contributed by atoms with Gasteiger partial charge in [0, 0.05) is 24.5 Å². The minimum absolute atomic E-state index is 0.200. The van der Waals surface area contributed by atoms with Gasteiger partial charge in [0.15, 0.2) is 0 Å². The van der Waals surface area contributed by atoms with Crippen LogP contribution >= 0.6 is 0 Å². The van der Waals surface area contributed by atoms with Gasteiger partial charge in [-0.25, -0.2) is 4.39 Å². The Balaban J connectivity index is 2.08. The monoisotopic (exact) mass is 258 g/mol. The number of amides is 1. The molecule has 1 aromatic heterocycles. The summed E-state index contributed by atoms with van der Waals surface area (Å²) in [5, 5.41) is 2.83. The number of nitrogens with one attached hydrogen (secondary N) is 1. The molecule has 19 heavy (non-hydrogen) atoms. The van der Waals surface area contributed by atoms with Crippen molar-refractivity contribution in [2.75, 3.05) is 0 Å². The number of aryl methyl sites for hydroxylation is 2. The van der Waals surface area contributed by atoms with Gasteiger partial charge in [0.25, 0.3) is 5.91 Å². The zero-order chi connectivity index (χ0) is 13.8. The first-order valence-corrected chi connectivity index (χ1v) is 6.02. The van der Waals surface area contributed by atoms with Gasteiger partial charge in [0.1, 0.15) is 5.82 Å². The van der Waals surface area contributed by atoms with Gasteiger partial charge in [0.05, 0.1) is 0 Å². The first kappa shape index (κ1) is 13.2. The SMILES string of the molecule is Cc1cnccc1CNC(=O)c1ccc(F)cc1C. The topological polar surface area (TPSA) is 42.0 Å². The van der Waals surface area contributed by atoms with Crippen molar-refractivity contribution in [3.8, 4) is 0 Å². The lowest BCUT2D eigenvalue weighted by Gasteiger charge is -2.09. The Kier molecular flexibility index (Phi) is 3.90. The van der Waals surface area contributed by atoms with E-state index in [1.165, 1.54) is 18.2 Å². The molecule has 1 amide bonds. The zero-order valence-corrected chi connectivity index (χ0v) is 10.9. The van der Waals surface area contributed by atoms with Crippen molar-refractivity contribution in [3.63, 3.8) is 0 Å². The normalized spacial score (nSPS) is 10.3. The van der Waals surface area contributed by atoms with Crippen LogP contribution in [0.2, 0.25) is 0 Å². The van der Waals surface area contributed by atoms with Crippen molar-refractivity contribution in [2.24, 2.45) is 0 Å². The van der Waals surface area contributed by atoms with Crippen LogP contribution in [0.1, 0.15) is 27.0 Å². The fraction of sp³-hybridized carbons (Fsp3) is 0.200. The van der Waals surface area contributed by atoms with E-state index in [2.05, 4.69) is 10.3 Å². The van der Waals surface area contributed by atoms with E-state index in [4.69, 9.17) is 0 Å². The third-order valence-electron chi connectivity index (χ3n) is 3.01. The van der Waals surface area contributed by atoms with Gasteiger partial charge in [-0.05, 0) is 54.8 Å². The number of hydrogen-bond acceptors (Lipinski definition) is 2. The number of carbonyl (C=O) groups is 1. The number of carbonyl (C=O) groups excluding carboxylic acids is 1. The van der Waals surface area contributed by atoms with Crippen LogP contribution in [0.4, 0.5) is 4.39 Å². The van der Waals surface area contributed by atoms with Gasteiger partial charge >= 0.3 is 0 Å². The molecular weight excluding hydrogens is 243 g/mol. The molecule has 0 aliphatic heterocycles. The number of pyridine rings is 1. The summed E-state index contributed by atoms with van der Waals surface area (Å²) in [5.41, 5.74) is 3.17. The van der Waals surface area contributed by atoms with E-state index in [0.717, 1.165) is 11.1 Å². The van der Waals surface area contributed by atoms with Crippen molar-refractivity contribution < 1.29 is 9.18 Å². The van der Waals surface area contributed by atoms with E-state index in [1.807, 2.05) is 13.0 Å². The summed E-state index contributed by atoms with van der Waals surface area (Å²) in [6.45, 7) is 4.09. The van der Waals surface area contributed by atoms with Gasteiger partial charge in [-0.3, -0.25) is 9.78 Å². The summed E-state index contributed by atoms with van der Waals surface area (Å²) < 4.78 is 13.0. The second kappa shape index (κ2) is 5.61. The summed E-state index contributed by atoms with van der Waals surface area (Å²) in [7, 11) is 0. The molecule has 0 spiro atoms. The highest BCUT2D eigenvalue weighted by atomic mass is 19.1. The van der Waals surface area contributed by atoms with Crippen molar-refractivity contribution >= 4 is 5.91 Å². The highest BCUT2D eigenvalue weighted by Crippen LogP contribution is 2.11. The third kappa shape index (κ3) is 3.16.